The molecule has 0 aromatic rings. The van der Waals surface area contributed by atoms with E-state index in [-0.39, 0.29) is 12.4 Å². The first-order valence-corrected chi connectivity index (χ1v) is 9.01. The SMILES string of the molecule is O=C(O)CCCCCCCCCCCCCC(=O)CCCO. The van der Waals surface area contributed by atoms with Gasteiger partial charge in [-0.2, -0.15) is 0 Å². The van der Waals surface area contributed by atoms with Crippen molar-refractivity contribution in [3.05, 3.63) is 0 Å². The summed E-state index contributed by atoms with van der Waals surface area (Å²) >= 11 is 0. The van der Waals surface area contributed by atoms with E-state index in [9.17, 15) is 9.59 Å². The topological polar surface area (TPSA) is 74.6 Å². The van der Waals surface area contributed by atoms with Crippen molar-refractivity contribution in [2.75, 3.05) is 6.61 Å². The van der Waals surface area contributed by atoms with E-state index in [1.807, 2.05) is 0 Å². The summed E-state index contributed by atoms with van der Waals surface area (Å²) in [5.74, 6) is -0.396. The molecular weight excluding hydrogens is 280 g/mol. The molecule has 22 heavy (non-hydrogen) atoms. The molecule has 0 amide bonds. The summed E-state index contributed by atoms with van der Waals surface area (Å²) in [5.41, 5.74) is 0. The number of aliphatic hydroxyl groups is 1. The Morgan fingerprint density at radius 2 is 0.909 bits per heavy atom. The number of ketones is 1. The Kier molecular flexibility index (Phi) is 15.8. The average molecular weight is 314 g/mol. The lowest BCUT2D eigenvalue weighted by atomic mass is 10.0. The number of carboxylic acids is 1. The van der Waals surface area contributed by atoms with Gasteiger partial charge in [0.2, 0.25) is 0 Å². The van der Waals surface area contributed by atoms with Gasteiger partial charge in [0.15, 0.2) is 0 Å². The molecule has 0 unspecified atom stereocenters. The molecule has 0 rings (SSSR count). The quantitative estimate of drug-likeness (QED) is 0.388. The Bertz CT molecular complexity index is 276. The third-order valence-corrected chi connectivity index (χ3v) is 3.96. The molecule has 0 spiro atoms. The van der Waals surface area contributed by atoms with Gasteiger partial charge >= 0.3 is 5.97 Å². The minimum atomic E-state index is -0.685. The Labute approximate surface area is 135 Å². The molecule has 0 aliphatic heterocycles. The van der Waals surface area contributed by atoms with Crippen molar-refractivity contribution in [1.29, 1.82) is 0 Å². The minimum absolute atomic E-state index is 0.116. The highest BCUT2D eigenvalue weighted by Crippen LogP contribution is 2.13. The first kappa shape index (κ1) is 21.1. The molecule has 0 radical (unpaired) electrons. The molecule has 4 heteroatoms. The summed E-state index contributed by atoms with van der Waals surface area (Å²) in [4.78, 5) is 21.7. The molecule has 0 atom stereocenters. The Balaban J connectivity index is 3.08. The van der Waals surface area contributed by atoms with Gasteiger partial charge < -0.3 is 10.2 Å². The molecule has 0 fully saturated rings. The van der Waals surface area contributed by atoms with Gasteiger partial charge in [0.25, 0.3) is 0 Å². The van der Waals surface area contributed by atoms with E-state index >= 15 is 0 Å². The van der Waals surface area contributed by atoms with Crippen LogP contribution in [0.5, 0.6) is 0 Å². The van der Waals surface area contributed by atoms with Crippen LogP contribution in [0, 0.1) is 0 Å². The number of carboxylic acid groups (broad SMARTS) is 1. The molecular formula is C18H34O4. The molecule has 0 bridgehead atoms. The zero-order chi connectivity index (χ0) is 16.5. The van der Waals surface area contributed by atoms with Crippen molar-refractivity contribution in [3.8, 4) is 0 Å². The van der Waals surface area contributed by atoms with Crippen LogP contribution >= 0.6 is 0 Å². The number of carbonyl (C=O) groups is 2. The van der Waals surface area contributed by atoms with E-state index in [0.717, 1.165) is 32.1 Å². The smallest absolute Gasteiger partial charge is 0.303 e. The van der Waals surface area contributed by atoms with Gasteiger partial charge in [0, 0.05) is 25.9 Å². The molecule has 0 saturated heterocycles. The highest BCUT2D eigenvalue weighted by Gasteiger charge is 2.01. The van der Waals surface area contributed by atoms with Gasteiger partial charge in [-0.3, -0.25) is 9.59 Å². The van der Waals surface area contributed by atoms with Crippen LogP contribution in [0.4, 0.5) is 0 Å². The predicted molar refractivity (Wildman–Crippen MR) is 89.0 cm³/mol. The zero-order valence-corrected chi connectivity index (χ0v) is 14.0. The van der Waals surface area contributed by atoms with E-state index in [1.54, 1.807) is 0 Å². The summed E-state index contributed by atoms with van der Waals surface area (Å²) in [7, 11) is 0. The van der Waals surface area contributed by atoms with Crippen molar-refractivity contribution in [3.63, 3.8) is 0 Å². The number of unbranched alkanes of at least 4 members (excludes halogenated alkanes) is 10. The first-order valence-electron chi connectivity index (χ1n) is 9.01. The Morgan fingerprint density at radius 3 is 1.32 bits per heavy atom. The lowest BCUT2D eigenvalue weighted by molar-refractivity contribution is -0.137. The number of Topliss-reactive ketones (excluding diaryl/α,β-unsaturated/α-hetero) is 1. The second-order valence-corrected chi connectivity index (χ2v) is 6.15. The van der Waals surface area contributed by atoms with Crippen LogP contribution in [-0.4, -0.2) is 28.6 Å². The zero-order valence-electron chi connectivity index (χ0n) is 14.0. The van der Waals surface area contributed by atoms with Crippen LogP contribution in [0.25, 0.3) is 0 Å². The van der Waals surface area contributed by atoms with Gasteiger partial charge in [-0.1, -0.05) is 57.8 Å². The number of carbonyl (C=O) groups excluding carboxylic acids is 1. The molecule has 130 valence electrons. The number of hydrogen-bond acceptors (Lipinski definition) is 3. The summed E-state index contributed by atoms with van der Waals surface area (Å²) < 4.78 is 0. The normalized spacial score (nSPS) is 10.8. The first-order chi connectivity index (χ1) is 10.7. The van der Waals surface area contributed by atoms with Crippen molar-refractivity contribution in [2.45, 2.75) is 96.3 Å². The molecule has 0 heterocycles. The molecule has 4 nitrogen and oxygen atoms in total. The third-order valence-electron chi connectivity index (χ3n) is 3.96. The summed E-state index contributed by atoms with van der Waals surface area (Å²) in [6.45, 7) is 0.116. The van der Waals surface area contributed by atoms with Gasteiger partial charge in [-0.15, -0.1) is 0 Å². The standard InChI is InChI=1S/C18H34O4/c19-16-12-14-17(20)13-10-8-6-4-2-1-3-5-7-9-11-15-18(21)22/h19H,1-16H2,(H,21,22). The fraction of sp³-hybridized carbons (Fsp3) is 0.889. The predicted octanol–water partition coefficient (Wildman–Crippen LogP) is 4.48. The third kappa shape index (κ3) is 17.2. The van der Waals surface area contributed by atoms with Gasteiger partial charge in [-0.25, -0.2) is 0 Å². The number of aliphatic carboxylic acids is 1. The number of rotatable bonds is 17. The molecule has 0 aromatic heterocycles. The van der Waals surface area contributed by atoms with Crippen molar-refractivity contribution >= 4 is 11.8 Å². The Hall–Kier alpha value is -0.900. The monoisotopic (exact) mass is 314 g/mol. The summed E-state index contributed by atoms with van der Waals surface area (Å²) in [6, 6.07) is 0. The Morgan fingerprint density at radius 1 is 0.545 bits per heavy atom. The molecule has 0 aliphatic carbocycles. The van der Waals surface area contributed by atoms with E-state index in [4.69, 9.17) is 10.2 Å². The minimum Gasteiger partial charge on any atom is -0.481 e. The maximum atomic E-state index is 11.4. The van der Waals surface area contributed by atoms with E-state index in [2.05, 4.69) is 0 Å². The lowest BCUT2D eigenvalue weighted by Crippen LogP contribution is -1.99. The number of aliphatic hydroxyl groups excluding tert-OH is 1. The maximum Gasteiger partial charge on any atom is 0.303 e. The highest BCUT2D eigenvalue weighted by molar-refractivity contribution is 5.78. The van der Waals surface area contributed by atoms with Crippen LogP contribution in [0.15, 0.2) is 0 Å². The number of hydrogen-bond donors (Lipinski definition) is 2. The highest BCUT2D eigenvalue weighted by atomic mass is 16.4. The van der Waals surface area contributed by atoms with Crippen LogP contribution in [0.3, 0.4) is 0 Å². The van der Waals surface area contributed by atoms with Gasteiger partial charge in [0.1, 0.15) is 5.78 Å². The average Bonchev–Trinajstić information content (AvgIpc) is 2.49. The fourth-order valence-electron chi connectivity index (χ4n) is 2.59. The van der Waals surface area contributed by atoms with Crippen molar-refractivity contribution in [2.24, 2.45) is 0 Å². The van der Waals surface area contributed by atoms with Crippen LogP contribution in [0.1, 0.15) is 96.3 Å². The van der Waals surface area contributed by atoms with Crippen LogP contribution in [0.2, 0.25) is 0 Å². The molecule has 2 N–H and O–H groups in total. The lowest BCUT2D eigenvalue weighted by Gasteiger charge is -2.03. The van der Waals surface area contributed by atoms with Crippen molar-refractivity contribution in [1.82, 2.24) is 0 Å². The molecule has 0 aliphatic rings. The van der Waals surface area contributed by atoms with Crippen LogP contribution < -0.4 is 0 Å². The fourth-order valence-corrected chi connectivity index (χ4v) is 2.59. The summed E-state index contributed by atoms with van der Waals surface area (Å²) in [6.07, 6.45) is 14.8. The maximum absolute atomic E-state index is 11.4. The summed E-state index contributed by atoms with van der Waals surface area (Å²) in [5, 5.41) is 17.1. The van der Waals surface area contributed by atoms with E-state index in [0.29, 0.717) is 25.7 Å². The van der Waals surface area contributed by atoms with E-state index < -0.39 is 5.97 Å². The van der Waals surface area contributed by atoms with E-state index in [1.165, 1.54) is 38.5 Å². The second kappa shape index (κ2) is 16.5. The largest absolute Gasteiger partial charge is 0.481 e. The molecule has 0 aromatic carbocycles. The van der Waals surface area contributed by atoms with Gasteiger partial charge in [-0.05, 0) is 19.3 Å². The van der Waals surface area contributed by atoms with Gasteiger partial charge in [0.05, 0.1) is 0 Å². The second-order valence-electron chi connectivity index (χ2n) is 6.15. The molecule has 0 saturated carbocycles. The van der Waals surface area contributed by atoms with Crippen LogP contribution in [-0.2, 0) is 9.59 Å². The van der Waals surface area contributed by atoms with Crippen molar-refractivity contribution < 1.29 is 19.8 Å².